The predicted octanol–water partition coefficient (Wildman–Crippen LogP) is 3.21. The largest absolute Gasteiger partial charge is 0.340 e. The molecule has 1 aliphatic rings. The van der Waals surface area contributed by atoms with Crippen molar-refractivity contribution in [2.75, 3.05) is 19.6 Å². The van der Waals surface area contributed by atoms with Crippen molar-refractivity contribution >= 4 is 5.91 Å². The van der Waals surface area contributed by atoms with E-state index in [-0.39, 0.29) is 6.04 Å². The van der Waals surface area contributed by atoms with Gasteiger partial charge in [0, 0.05) is 25.6 Å². The topological polar surface area (TPSA) is 32.3 Å². The van der Waals surface area contributed by atoms with Crippen LogP contribution in [0.15, 0.2) is 18.2 Å². The zero-order chi connectivity index (χ0) is 15.4. The van der Waals surface area contributed by atoms with E-state index in [0.29, 0.717) is 11.8 Å². The van der Waals surface area contributed by atoms with Crippen molar-refractivity contribution in [3.63, 3.8) is 0 Å². The summed E-state index contributed by atoms with van der Waals surface area (Å²) in [7, 11) is 0. The predicted molar refractivity (Wildman–Crippen MR) is 87.3 cm³/mol. The molecule has 1 aliphatic heterocycles. The Morgan fingerprint density at radius 3 is 2.43 bits per heavy atom. The normalized spacial score (nSPS) is 20.1. The molecule has 1 fully saturated rings. The first-order valence-electron chi connectivity index (χ1n) is 8.12. The van der Waals surface area contributed by atoms with E-state index in [1.54, 1.807) is 0 Å². The molecular weight excluding hydrogens is 260 g/mol. The van der Waals surface area contributed by atoms with Crippen LogP contribution < -0.4 is 5.32 Å². The highest BCUT2D eigenvalue weighted by Crippen LogP contribution is 2.24. The number of benzene rings is 1. The lowest BCUT2D eigenvalue weighted by atomic mass is 10.0. The smallest absolute Gasteiger partial charge is 0.222 e. The maximum atomic E-state index is 12.1. The molecule has 0 spiro atoms. The maximum absolute atomic E-state index is 12.1. The summed E-state index contributed by atoms with van der Waals surface area (Å²) in [6.45, 7) is 11.2. The van der Waals surface area contributed by atoms with Crippen LogP contribution in [-0.4, -0.2) is 30.4 Å². The molecule has 2 atom stereocenters. The van der Waals surface area contributed by atoms with E-state index in [1.165, 1.54) is 16.7 Å². The van der Waals surface area contributed by atoms with Crippen LogP contribution in [0.4, 0.5) is 0 Å². The Hall–Kier alpha value is -1.35. The van der Waals surface area contributed by atoms with E-state index >= 15 is 0 Å². The third kappa shape index (κ3) is 4.07. The molecule has 0 radical (unpaired) electrons. The quantitative estimate of drug-likeness (QED) is 0.871. The van der Waals surface area contributed by atoms with Gasteiger partial charge in [0.2, 0.25) is 5.91 Å². The van der Waals surface area contributed by atoms with E-state index in [9.17, 15) is 4.79 Å². The van der Waals surface area contributed by atoms with E-state index in [1.807, 2.05) is 4.90 Å². The van der Waals surface area contributed by atoms with Gasteiger partial charge in [-0.3, -0.25) is 4.79 Å². The van der Waals surface area contributed by atoms with Crippen molar-refractivity contribution in [1.29, 1.82) is 0 Å². The van der Waals surface area contributed by atoms with Crippen molar-refractivity contribution in [2.24, 2.45) is 5.92 Å². The van der Waals surface area contributed by atoms with E-state index in [4.69, 9.17) is 0 Å². The van der Waals surface area contributed by atoms with Gasteiger partial charge in [-0.05, 0) is 31.9 Å². The van der Waals surface area contributed by atoms with E-state index in [0.717, 1.165) is 32.5 Å². The molecule has 1 amide bonds. The number of carbonyl (C=O) groups is 1. The first kappa shape index (κ1) is 16.0. The highest BCUT2D eigenvalue weighted by atomic mass is 16.2. The first-order valence-corrected chi connectivity index (χ1v) is 8.12. The average molecular weight is 288 g/mol. The fraction of sp³-hybridized carbons (Fsp3) is 0.611. The summed E-state index contributed by atoms with van der Waals surface area (Å²) < 4.78 is 0. The highest BCUT2D eigenvalue weighted by Gasteiger charge is 2.30. The molecule has 0 aliphatic carbocycles. The molecule has 21 heavy (non-hydrogen) atoms. The van der Waals surface area contributed by atoms with Crippen LogP contribution in [0.3, 0.4) is 0 Å². The second-order valence-electron chi connectivity index (χ2n) is 6.31. The zero-order valence-electron chi connectivity index (χ0n) is 13.8. The second-order valence-corrected chi connectivity index (χ2v) is 6.31. The minimum absolute atomic E-state index is 0.230. The Morgan fingerprint density at radius 2 is 1.90 bits per heavy atom. The maximum Gasteiger partial charge on any atom is 0.222 e. The van der Waals surface area contributed by atoms with Crippen molar-refractivity contribution in [3.8, 4) is 0 Å². The minimum Gasteiger partial charge on any atom is -0.340 e. The van der Waals surface area contributed by atoms with E-state index in [2.05, 4.69) is 51.2 Å². The second kappa shape index (κ2) is 7.08. The van der Waals surface area contributed by atoms with Gasteiger partial charge in [-0.1, -0.05) is 49.6 Å². The van der Waals surface area contributed by atoms with Gasteiger partial charge >= 0.3 is 0 Å². The van der Waals surface area contributed by atoms with Crippen molar-refractivity contribution < 1.29 is 4.79 Å². The summed E-state index contributed by atoms with van der Waals surface area (Å²) >= 11 is 0. The number of carbonyl (C=O) groups excluding carboxylic acids is 1. The Bertz CT molecular complexity index is 478. The summed E-state index contributed by atoms with van der Waals surface area (Å²) in [5.74, 6) is 0.855. The number of amides is 1. The molecule has 0 aromatic heterocycles. The lowest BCUT2D eigenvalue weighted by Gasteiger charge is -2.26. The van der Waals surface area contributed by atoms with Crippen molar-refractivity contribution in [3.05, 3.63) is 34.9 Å². The molecule has 3 heteroatoms. The number of rotatable bonds is 6. The Kier molecular flexibility index (Phi) is 5.40. The first-order chi connectivity index (χ1) is 10.0. The lowest BCUT2D eigenvalue weighted by molar-refractivity contribution is -0.128. The molecule has 0 saturated carbocycles. The van der Waals surface area contributed by atoms with Crippen LogP contribution in [0.2, 0.25) is 0 Å². The number of hydrogen-bond acceptors (Lipinski definition) is 2. The fourth-order valence-corrected chi connectivity index (χ4v) is 3.27. The van der Waals surface area contributed by atoms with Gasteiger partial charge in [0.25, 0.3) is 0 Å². The molecule has 2 rings (SSSR count). The molecule has 116 valence electrons. The van der Waals surface area contributed by atoms with Crippen LogP contribution in [0.5, 0.6) is 0 Å². The van der Waals surface area contributed by atoms with Gasteiger partial charge in [-0.25, -0.2) is 0 Å². The number of likely N-dealkylation sites (N-methyl/N-ethyl adjacent to an activating group) is 1. The number of hydrogen-bond donors (Lipinski definition) is 1. The average Bonchev–Trinajstić information content (AvgIpc) is 2.78. The van der Waals surface area contributed by atoms with Crippen LogP contribution in [0.1, 0.15) is 49.4 Å². The summed E-state index contributed by atoms with van der Waals surface area (Å²) in [6.07, 6.45) is 1.82. The molecule has 1 saturated heterocycles. The van der Waals surface area contributed by atoms with Crippen molar-refractivity contribution in [1.82, 2.24) is 10.2 Å². The van der Waals surface area contributed by atoms with E-state index < -0.39 is 0 Å². The van der Waals surface area contributed by atoms with Crippen LogP contribution in [-0.2, 0) is 4.79 Å². The monoisotopic (exact) mass is 288 g/mol. The molecule has 1 aromatic carbocycles. The van der Waals surface area contributed by atoms with Gasteiger partial charge in [-0.2, -0.15) is 0 Å². The molecule has 1 N–H and O–H groups in total. The van der Waals surface area contributed by atoms with Gasteiger partial charge in [-0.15, -0.1) is 0 Å². The number of aryl methyl sites for hydroxylation is 2. The third-order valence-electron chi connectivity index (χ3n) is 4.37. The summed E-state index contributed by atoms with van der Waals surface area (Å²) in [4.78, 5) is 14.2. The Balaban J connectivity index is 2.14. The molecule has 1 heterocycles. The van der Waals surface area contributed by atoms with Gasteiger partial charge in [0.15, 0.2) is 0 Å². The number of nitrogens with zero attached hydrogens (tertiary/aromatic N) is 1. The SMILES string of the molecule is CCNC(CN1CC(CC)CC1=O)c1cc(C)cc(C)c1. The molecule has 3 nitrogen and oxygen atoms in total. The zero-order valence-corrected chi connectivity index (χ0v) is 13.8. The lowest BCUT2D eigenvalue weighted by Crippen LogP contribution is -2.36. The standard InChI is InChI=1S/C18H28N2O/c1-5-15-10-18(21)20(11-15)12-17(19-6-2)16-8-13(3)7-14(4)9-16/h7-9,15,17,19H,5-6,10-12H2,1-4H3. The third-order valence-corrected chi connectivity index (χ3v) is 4.37. The molecule has 2 unspecified atom stereocenters. The summed E-state index contributed by atoms with van der Waals surface area (Å²) in [5, 5.41) is 3.54. The number of nitrogens with one attached hydrogen (secondary N) is 1. The van der Waals surface area contributed by atoms with Crippen LogP contribution in [0.25, 0.3) is 0 Å². The fourth-order valence-electron chi connectivity index (χ4n) is 3.27. The van der Waals surface area contributed by atoms with Crippen LogP contribution in [0, 0.1) is 19.8 Å². The van der Waals surface area contributed by atoms with Crippen LogP contribution >= 0.6 is 0 Å². The molecular formula is C18H28N2O. The number of likely N-dealkylation sites (tertiary alicyclic amines) is 1. The highest BCUT2D eigenvalue weighted by molar-refractivity contribution is 5.78. The van der Waals surface area contributed by atoms with Gasteiger partial charge < -0.3 is 10.2 Å². The van der Waals surface area contributed by atoms with Crippen molar-refractivity contribution in [2.45, 2.75) is 46.6 Å². The van der Waals surface area contributed by atoms with Gasteiger partial charge in [0.05, 0.1) is 0 Å². The molecule has 1 aromatic rings. The Morgan fingerprint density at radius 1 is 1.24 bits per heavy atom. The minimum atomic E-state index is 0.230. The Labute approximate surface area is 128 Å². The molecule has 0 bridgehead atoms. The summed E-state index contributed by atoms with van der Waals surface area (Å²) in [5.41, 5.74) is 3.86. The summed E-state index contributed by atoms with van der Waals surface area (Å²) in [6, 6.07) is 6.89. The van der Waals surface area contributed by atoms with Gasteiger partial charge in [0.1, 0.15) is 0 Å².